The molecule has 2 heterocycles. The summed E-state index contributed by atoms with van der Waals surface area (Å²) in [5.41, 5.74) is -0.0258. The minimum absolute atomic E-state index is 0.0844. The fourth-order valence-electron chi connectivity index (χ4n) is 2.11. The van der Waals surface area contributed by atoms with E-state index in [0.29, 0.717) is 24.2 Å². The molecule has 0 saturated carbocycles. The van der Waals surface area contributed by atoms with Crippen molar-refractivity contribution in [1.82, 2.24) is 13.6 Å². The number of pyridine rings is 1. The van der Waals surface area contributed by atoms with Gasteiger partial charge in [-0.3, -0.25) is 4.98 Å². The van der Waals surface area contributed by atoms with Gasteiger partial charge in [0, 0.05) is 45.0 Å². The molecule has 0 fully saturated rings. The Morgan fingerprint density at radius 3 is 2.67 bits per heavy atom. The molecule has 1 aromatic heterocycles. The molecule has 0 spiro atoms. The molecular formula is C12H16F3N3O2S. The molecule has 0 amide bonds. The molecule has 21 heavy (non-hydrogen) atoms. The Labute approximate surface area is 121 Å². The highest BCUT2D eigenvalue weighted by Gasteiger charge is 2.34. The van der Waals surface area contributed by atoms with Gasteiger partial charge in [0.2, 0.25) is 0 Å². The zero-order valence-corrected chi connectivity index (χ0v) is 12.5. The minimum atomic E-state index is -4.48. The van der Waals surface area contributed by atoms with E-state index in [9.17, 15) is 21.6 Å². The monoisotopic (exact) mass is 323 g/mol. The highest BCUT2D eigenvalue weighted by molar-refractivity contribution is 7.86. The largest absolute Gasteiger partial charge is 0.417 e. The molecule has 1 aromatic rings. The summed E-state index contributed by atoms with van der Waals surface area (Å²) >= 11 is 0. The summed E-state index contributed by atoms with van der Waals surface area (Å²) in [7, 11) is -2.21. The van der Waals surface area contributed by atoms with Gasteiger partial charge < -0.3 is 0 Å². The van der Waals surface area contributed by atoms with Crippen LogP contribution in [0.25, 0.3) is 0 Å². The lowest BCUT2D eigenvalue weighted by atomic mass is 10.1. The first-order valence-corrected chi connectivity index (χ1v) is 7.82. The molecule has 0 unspecified atom stereocenters. The Kier molecular flexibility index (Phi) is 4.27. The maximum absolute atomic E-state index is 12.7. The number of fused-ring (bicyclic) bond motifs is 1. The van der Waals surface area contributed by atoms with Gasteiger partial charge in [0.05, 0.1) is 5.56 Å². The first-order valence-electron chi connectivity index (χ1n) is 6.42. The average Bonchev–Trinajstić information content (AvgIpc) is 2.44. The van der Waals surface area contributed by atoms with Gasteiger partial charge in [0.25, 0.3) is 10.2 Å². The van der Waals surface area contributed by atoms with E-state index in [1.54, 1.807) is 6.92 Å². The van der Waals surface area contributed by atoms with Crippen molar-refractivity contribution in [2.45, 2.75) is 26.1 Å². The van der Waals surface area contributed by atoms with Crippen molar-refractivity contribution in [3.05, 3.63) is 29.1 Å². The molecule has 0 aromatic carbocycles. The van der Waals surface area contributed by atoms with Gasteiger partial charge in [-0.25, -0.2) is 0 Å². The average molecular weight is 323 g/mol. The second kappa shape index (κ2) is 5.54. The number of aromatic nitrogens is 1. The Bertz CT molecular complexity index is 631. The number of rotatable bonds is 3. The van der Waals surface area contributed by atoms with E-state index in [2.05, 4.69) is 4.98 Å². The summed E-state index contributed by atoms with van der Waals surface area (Å²) in [4.78, 5) is 3.81. The predicted octanol–water partition coefficient (Wildman–Crippen LogP) is 1.66. The summed E-state index contributed by atoms with van der Waals surface area (Å²) in [6, 6.07) is 0.982. The van der Waals surface area contributed by atoms with Crippen LogP contribution in [0, 0.1) is 0 Å². The lowest BCUT2D eigenvalue weighted by Crippen LogP contribution is -2.44. The molecule has 0 N–H and O–H groups in total. The Balaban J connectivity index is 2.31. The van der Waals surface area contributed by atoms with Crippen LogP contribution < -0.4 is 0 Å². The van der Waals surface area contributed by atoms with Gasteiger partial charge in [-0.15, -0.1) is 0 Å². The summed E-state index contributed by atoms with van der Waals surface area (Å²) in [6.07, 6.45) is -3.38. The first-order chi connectivity index (χ1) is 9.66. The maximum atomic E-state index is 12.7. The van der Waals surface area contributed by atoms with Crippen molar-refractivity contribution in [3.8, 4) is 0 Å². The van der Waals surface area contributed by atoms with Crippen LogP contribution in [0.1, 0.15) is 23.7 Å². The summed E-state index contributed by atoms with van der Waals surface area (Å²) < 4.78 is 64.9. The summed E-state index contributed by atoms with van der Waals surface area (Å²) in [5.74, 6) is 0. The number of alkyl halides is 3. The van der Waals surface area contributed by atoms with Crippen molar-refractivity contribution in [1.29, 1.82) is 0 Å². The number of halogens is 3. The second-order valence-corrected chi connectivity index (χ2v) is 6.87. The number of hydrogen-bond donors (Lipinski definition) is 0. The van der Waals surface area contributed by atoms with E-state index in [1.807, 2.05) is 0 Å². The van der Waals surface area contributed by atoms with Gasteiger partial charge in [-0.05, 0) is 11.6 Å². The molecule has 1 aliphatic heterocycles. The van der Waals surface area contributed by atoms with Crippen LogP contribution in [0.2, 0.25) is 0 Å². The maximum Gasteiger partial charge on any atom is 0.417 e. The molecule has 0 saturated heterocycles. The van der Waals surface area contributed by atoms with Crippen LogP contribution in [-0.2, 0) is 29.4 Å². The zero-order chi connectivity index (χ0) is 15.8. The summed E-state index contributed by atoms with van der Waals surface area (Å²) in [6.45, 7) is 2.13. The number of hydrogen-bond acceptors (Lipinski definition) is 3. The van der Waals surface area contributed by atoms with Crippen LogP contribution >= 0.6 is 0 Å². The van der Waals surface area contributed by atoms with E-state index in [0.717, 1.165) is 12.3 Å². The van der Waals surface area contributed by atoms with Crippen molar-refractivity contribution >= 4 is 10.2 Å². The van der Waals surface area contributed by atoms with Crippen LogP contribution in [0.15, 0.2) is 12.3 Å². The quantitative estimate of drug-likeness (QED) is 0.850. The highest BCUT2D eigenvalue weighted by atomic mass is 32.2. The lowest BCUT2D eigenvalue weighted by Gasteiger charge is -2.30. The first kappa shape index (κ1) is 16.2. The van der Waals surface area contributed by atoms with Gasteiger partial charge in [0.1, 0.15) is 0 Å². The van der Waals surface area contributed by atoms with Crippen LogP contribution in [-0.4, -0.2) is 42.1 Å². The van der Waals surface area contributed by atoms with Crippen LogP contribution in [0.5, 0.6) is 0 Å². The van der Waals surface area contributed by atoms with Gasteiger partial charge in [-0.2, -0.15) is 30.2 Å². The van der Waals surface area contributed by atoms with Crippen LogP contribution in [0.4, 0.5) is 13.2 Å². The smallest absolute Gasteiger partial charge is 0.260 e. The van der Waals surface area contributed by atoms with Crippen molar-refractivity contribution in [2.75, 3.05) is 20.1 Å². The van der Waals surface area contributed by atoms with Crippen LogP contribution in [0.3, 0.4) is 0 Å². The predicted molar refractivity (Wildman–Crippen MR) is 70.6 cm³/mol. The van der Waals surface area contributed by atoms with E-state index >= 15 is 0 Å². The zero-order valence-electron chi connectivity index (χ0n) is 11.7. The Hall–Kier alpha value is -1.19. The van der Waals surface area contributed by atoms with E-state index in [1.165, 1.54) is 15.7 Å². The molecule has 0 aliphatic carbocycles. The Morgan fingerprint density at radius 2 is 2.10 bits per heavy atom. The molecule has 5 nitrogen and oxygen atoms in total. The molecule has 0 atom stereocenters. The molecule has 2 rings (SSSR count). The highest BCUT2D eigenvalue weighted by Crippen LogP contribution is 2.31. The SMILES string of the molecule is CCN(C)S(=O)(=O)N1CCc2ncc(C(F)(F)F)cc2C1. The van der Waals surface area contributed by atoms with E-state index < -0.39 is 21.9 Å². The minimum Gasteiger partial charge on any atom is -0.260 e. The second-order valence-electron chi connectivity index (χ2n) is 4.83. The fraction of sp³-hybridized carbons (Fsp3) is 0.583. The third-order valence-corrected chi connectivity index (χ3v) is 5.51. The van der Waals surface area contributed by atoms with Crippen molar-refractivity contribution < 1.29 is 21.6 Å². The molecule has 118 valence electrons. The topological polar surface area (TPSA) is 53.5 Å². The standard InChI is InChI=1S/C12H16F3N3O2S/c1-3-17(2)21(19,20)18-5-4-11-9(8-18)6-10(7-16-11)12(13,14)15/h6-7H,3-5,8H2,1-2H3. The van der Waals surface area contributed by atoms with E-state index in [-0.39, 0.29) is 13.1 Å². The third-order valence-electron chi connectivity index (χ3n) is 3.50. The molecular weight excluding hydrogens is 307 g/mol. The third kappa shape index (κ3) is 3.19. The lowest BCUT2D eigenvalue weighted by molar-refractivity contribution is -0.137. The Morgan fingerprint density at radius 1 is 1.43 bits per heavy atom. The van der Waals surface area contributed by atoms with E-state index in [4.69, 9.17) is 0 Å². The number of nitrogens with zero attached hydrogens (tertiary/aromatic N) is 3. The van der Waals surface area contributed by atoms with Gasteiger partial charge in [-0.1, -0.05) is 6.92 Å². The molecule has 1 aliphatic rings. The van der Waals surface area contributed by atoms with Crippen molar-refractivity contribution in [2.24, 2.45) is 0 Å². The molecule has 0 radical (unpaired) electrons. The summed E-state index contributed by atoms with van der Waals surface area (Å²) in [5, 5.41) is 0. The molecule has 9 heteroatoms. The van der Waals surface area contributed by atoms with Gasteiger partial charge >= 0.3 is 6.18 Å². The normalized spacial score (nSPS) is 17.0. The van der Waals surface area contributed by atoms with Crippen molar-refractivity contribution in [3.63, 3.8) is 0 Å². The molecule has 0 bridgehead atoms. The van der Waals surface area contributed by atoms with Gasteiger partial charge in [0.15, 0.2) is 0 Å². The fourth-order valence-corrected chi connectivity index (χ4v) is 3.46.